The third kappa shape index (κ3) is 4.12. The Kier molecular flexibility index (Phi) is 6.50. The lowest BCUT2D eigenvalue weighted by Gasteiger charge is -2.42. The number of para-hydroxylation sites is 1. The van der Waals surface area contributed by atoms with Gasteiger partial charge in [0.1, 0.15) is 18.2 Å². The van der Waals surface area contributed by atoms with Gasteiger partial charge in [0.15, 0.2) is 6.20 Å². The van der Waals surface area contributed by atoms with E-state index in [4.69, 9.17) is 4.42 Å². The number of hydrogen-bond acceptors (Lipinski definition) is 1. The number of benzene rings is 4. The predicted molar refractivity (Wildman–Crippen MR) is 163 cm³/mol. The van der Waals surface area contributed by atoms with Crippen LogP contribution in [0.5, 0.6) is 0 Å². The molecule has 4 aromatic carbocycles. The number of alkyl halides is 8. The maximum absolute atomic E-state index is 14.7. The lowest BCUT2D eigenvalue weighted by atomic mass is 9.79. The number of halogens is 8. The lowest BCUT2D eigenvalue weighted by Crippen LogP contribution is -2.63. The van der Waals surface area contributed by atoms with Gasteiger partial charge in [-0.25, -0.2) is 4.57 Å². The highest BCUT2D eigenvalue weighted by Crippen LogP contribution is 2.64. The minimum absolute atomic E-state index is 0.0982. The van der Waals surface area contributed by atoms with Crippen molar-refractivity contribution in [2.75, 3.05) is 0 Å². The van der Waals surface area contributed by atoms with E-state index in [0.717, 1.165) is 61.5 Å². The van der Waals surface area contributed by atoms with Crippen LogP contribution in [0.3, 0.4) is 0 Å². The number of hydrogen-bond donors (Lipinski definition) is 0. The number of aromatic nitrogens is 1. The van der Waals surface area contributed by atoms with E-state index in [1.165, 1.54) is 0 Å². The molecule has 0 atom stereocenters. The summed E-state index contributed by atoms with van der Waals surface area (Å²) in [4.78, 5) is 0. The quantitative estimate of drug-likeness (QED) is 0.137. The maximum Gasteiger partial charge on any atom is 0.382 e. The van der Waals surface area contributed by atoms with Crippen LogP contribution in [-0.2, 0) is 18.9 Å². The Morgan fingerprint density at radius 3 is 1.91 bits per heavy atom. The normalized spacial score (nSPS) is 17.6. The molecule has 0 spiro atoms. The molecule has 0 unspecified atom stereocenters. The lowest BCUT2D eigenvalue weighted by molar-refractivity contribution is -0.660. The van der Waals surface area contributed by atoms with Crippen molar-refractivity contribution in [1.29, 1.82) is 0 Å². The second-order valence-electron chi connectivity index (χ2n) is 12.2. The summed E-state index contributed by atoms with van der Waals surface area (Å²) in [6, 6.07) is 20.5. The highest BCUT2D eigenvalue weighted by molar-refractivity contribution is 6.09. The summed E-state index contributed by atoms with van der Waals surface area (Å²) in [5.74, 6) is -23.6. The van der Waals surface area contributed by atoms with Gasteiger partial charge in [-0.1, -0.05) is 60.7 Å². The van der Waals surface area contributed by atoms with Crippen LogP contribution in [-0.4, -0.2) is 11.8 Å². The summed E-state index contributed by atoms with van der Waals surface area (Å²) in [5, 5.41) is 1.96. The Morgan fingerprint density at radius 2 is 1.21 bits per heavy atom. The standard InChI is InChI=1S/C37H26F8NO/c1-19-9-12-26-25-7-5-6-8-31(25)47-33(26)32(19)30-17-27(21(3)18-46(30)4)24-13-10-22(15-20(24)2)23-11-14-28-29(16-23)35(40,41)37(44,45)36(42,43)34(28,38)39/h5-18H,1-4H3/q+1. The van der Waals surface area contributed by atoms with E-state index in [-0.39, 0.29) is 11.1 Å². The molecule has 0 N–H and O–H groups in total. The average Bonchev–Trinajstić information content (AvgIpc) is 3.39. The van der Waals surface area contributed by atoms with Crippen LogP contribution < -0.4 is 4.57 Å². The van der Waals surface area contributed by atoms with Gasteiger partial charge in [-0.05, 0) is 66.3 Å². The fraction of sp³-hybridized carbons (Fsp3) is 0.216. The molecule has 0 saturated carbocycles. The zero-order valence-electron chi connectivity index (χ0n) is 25.5. The monoisotopic (exact) mass is 652 g/mol. The summed E-state index contributed by atoms with van der Waals surface area (Å²) < 4.78 is 123. The Bertz CT molecular complexity index is 2270. The number of pyridine rings is 1. The van der Waals surface area contributed by atoms with Crippen molar-refractivity contribution in [2.45, 2.75) is 44.5 Å². The molecule has 240 valence electrons. The first-order valence-electron chi connectivity index (χ1n) is 14.7. The second-order valence-corrected chi connectivity index (χ2v) is 12.2. The van der Waals surface area contributed by atoms with Gasteiger partial charge in [0.05, 0.1) is 5.56 Å². The van der Waals surface area contributed by atoms with Crippen LogP contribution in [0, 0.1) is 20.8 Å². The molecule has 0 fully saturated rings. The van der Waals surface area contributed by atoms with Crippen molar-refractivity contribution in [2.24, 2.45) is 7.05 Å². The highest BCUT2D eigenvalue weighted by Gasteiger charge is 2.85. The molecule has 0 radical (unpaired) electrons. The van der Waals surface area contributed by atoms with Gasteiger partial charge in [-0.15, -0.1) is 0 Å². The molecule has 0 saturated heterocycles. The van der Waals surface area contributed by atoms with Gasteiger partial charge < -0.3 is 4.42 Å². The summed E-state index contributed by atoms with van der Waals surface area (Å²) in [6.07, 6.45) is 1.97. The predicted octanol–water partition coefficient (Wildman–Crippen LogP) is 10.8. The van der Waals surface area contributed by atoms with Crippen molar-refractivity contribution in [3.05, 3.63) is 113 Å². The second kappa shape index (κ2) is 9.89. The Labute approximate surface area is 263 Å². The number of rotatable bonds is 3. The molecular formula is C37H26F8NO+. The molecule has 2 aromatic heterocycles. The van der Waals surface area contributed by atoms with Crippen molar-refractivity contribution in [3.8, 4) is 33.5 Å². The summed E-state index contributed by atoms with van der Waals surface area (Å²) in [7, 11) is 1.93. The van der Waals surface area contributed by atoms with Crippen LogP contribution in [0.2, 0.25) is 0 Å². The summed E-state index contributed by atoms with van der Waals surface area (Å²) >= 11 is 0. The summed E-state index contributed by atoms with van der Waals surface area (Å²) in [5.41, 5.74) is 4.00. The first-order valence-corrected chi connectivity index (χ1v) is 14.7. The first-order chi connectivity index (χ1) is 22.0. The van der Waals surface area contributed by atoms with E-state index >= 15 is 0 Å². The number of furan rings is 1. The van der Waals surface area contributed by atoms with Crippen molar-refractivity contribution in [1.82, 2.24) is 0 Å². The Morgan fingerprint density at radius 1 is 0.574 bits per heavy atom. The molecule has 7 rings (SSSR count). The van der Waals surface area contributed by atoms with E-state index in [1.54, 1.807) is 25.1 Å². The zero-order chi connectivity index (χ0) is 33.8. The Hall–Kier alpha value is -4.73. The third-order valence-electron chi connectivity index (χ3n) is 9.21. The number of fused-ring (bicyclic) bond motifs is 4. The topological polar surface area (TPSA) is 17.0 Å². The van der Waals surface area contributed by atoms with E-state index in [2.05, 4.69) is 0 Å². The van der Waals surface area contributed by atoms with Gasteiger partial charge in [0.25, 0.3) is 0 Å². The molecule has 1 aliphatic carbocycles. The van der Waals surface area contributed by atoms with Crippen LogP contribution in [0.1, 0.15) is 27.8 Å². The smallest absolute Gasteiger partial charge is 0.382 e. The third-order valence-corrected chi connectivity index (χ3v) is 9.21. The maximum atomic E-state index is 14.7. The van der Waals surface area contributed by atoms with Gasteiger partial charge in [0.2, 0.25) is 5.69 Å². The molecule has 10 heteroatoms. The van der Waals surface area contributed by atoms with Crippen LogP contribution in [0.25, 0.3) is 55.4 Å². The molecule has 2 heterocycles. The van der Waals surface area contributed by atoms with Crippen LogP contribution in [0.4, 0.5) is 35.1 Å². The highest BCUT2D eigenvalue weighted by atomic mass is 19.4. The Balaban J connectivity index is 1.34. The van der Waals surface area contributed by atoms with Crippen molar-refractivity contribution < 1.29 is 44.1 Å². The molecule has 47 heavy (non-hydrogen) atoms. The molecule has 1 aliphatic rings. The number of nitrogens with zero attached hydrogens (tertiary/aromatic N) is 1. The van der Waals surface area contributed by atoms with Gasteiger partial charge in [-0.2, -0.15) is 35.1 Å². The van der Waals surface area contributed by atoms with Gasteiger partial charge in [0, 0.05) is 33.5 Å². The fourth-order valence-electron chi connectivity index (χ4n) is 6.66. The van der Waals surface area contributed by atoms with Crippen LogP contribution in [0.15, 0.2) is 89.5 Å². The first kappa shape index (κ1) is 30.9. The van der Waals surface area contributed by atoms with E-state index in [1.807, 2.05) is 74.1 Å². The average molecular weight is 653 g/mol. The molecule has 2 nitrogen and oxygen atoms in total. The van der Waals surface area contributed by atoms with Crippen molar-refractivity contribution >= 4 is 21.9 Å². The molecule has 0 bridgehead atoms. The minimum atomic E-state index is -6.31. The van der Waals surface area contributed by atoms with Gasteiger partial charge >= 0.3 is 23.7 Å². The number of aryl methyl sites for hydroxylation is 4. The zero-order valence-corrected chi connectivity index (χ0v) is 25.5. The molecular weight excluding hydrogens is 626 g/mol. The summed E-state index contributed by atoms with van der Waals surface area (Å²) in [6.45, 7) is 5.70. The van der Waals surface area contributed by atoms with Crippen LogP contribution >= 0.6 is 0 Å². The SMILES string of the molecule is Cc1cc(-c2ccc3c(c2)C(F)(F)C(F)(F)C(F)(F)C3(F)F)ccc1-c1cc(-c2c(C)ccc3c2oc2ccccc23)[n+](C)cc1C. The largest absolute Gasteiger partial charge is 0.455 e. The van der Waals surface area contributed by atoms with E-state index in [0.29, 0.717) is 17.7 Å². The fourth-order valence-corrected chi connectivity index (χ4v) is 6.66. The van der Waals surface area contributed by atoms with E-state index < -0.39 is 34.8 Å². The molecule has 0 amide bonds. The molecule has 6 aromatic rings. The van der Waals surface area contributed by atoms with E-state index in [9.17, 15) is 35.1 Å². The molecule has 0 aliphatic heterocycles. The van der Waals surface area contributed by atoms with Crippen molar-refractivity contribution in [3.63, 3.8) is 0 Å². The minimum Gasteiger partial charge on any atom is -0.455 e. The van der Waals surface area contributed by atoms with Gasteiger partial charge in [-0.3, -0.25) is 0 Å².